The van der Waals surface area contributed by atoms with Crippen LogP contribution >= 0.6 is 11.3 Å². The topological polar surface area (TPSA) is 110 Å². The van der Waals surface area contributed by atoms with Crippen LogP contribution in [0.1, 0.15) is 80.7 Å². The second kappa shape index (κ2) is 15.2. The molecule has 2 aliphatic rings. The van der Waals surface area contributed by atoms with E-state index in [2.05, 4.69) is 39.0 Å². The largest absolute Gasteiger partial charge is 0.493 e. The molecule has 2 aliphatic heterocycles. The van der Waals surface area contributed by atoms with Gasteiger partial charge in [-0.15, -0.1) is 0 Å². The lowest BCUT2D eigenvalue weighted by molar-refractivity contribution is -0.148. The molecule has 0 unspecified atom stereocenters. The van der Waals surface area contributed by atoms with E-state index in [0.717, 1.165) is 36.9 Å². The SMILES string of the molecule is CCCOc1ccc(-c2nc(NC(=O)c3cnc(N4CCC(C(=O)OCC)CC4)cn3)sc2CN2CCCC(C)(C)C2)cc1C(F)(F)F. The first-order valence-electron chi connectivity index (χ1n) is 16.5. The minimum atomic E-state index is -4.62. The van der Waals surface area contributed by atoms with Crippen LogP contribution in [0.15, 0.2) is 30.6 Å². The molecule has 3 aromatic rings. The van der Waals surface area contributed by atoms with Crippen molar-refractivity contribution in [3.8, 4) is 17.0 Å². The molecule has 1 amide bonds. The average Bonchev–Trinajstić information content (AvgIpc) is 3.44. The summed E-state index contributed by atoms with van der Waals surface area (Å²) in [6.45, 7) is 12.0. The summed E-state index contributed by atoms with van der Waals surface area (Å²) in [7, 11) is 0. The minimum absolute atomic E-state index is 0.0769. The number of likely N-dealkylation sites (tertiary alicyclic amines) is 1. The molecular weight excluding hydrogens is 645 g/mol. The van der Waals surface area contributed by atoms with E-state index >= 15 is 0 Å². The Labute approximate surface area is 283 Å². The Morgan fingerprint density at radius 1 is 1.10 bits per heavy atom. The Balaban J connectivity index is 1.35. The molecule has 0 saturated carbocycles. The molecular formula is C34H43F3N6O4S. The number of hydrogen-bond donors (Lipinski definition) is 1. The second-order valence-corrected chi connectivity index (χ2v) is 14.1. The number of thiazole rings is 1. The van der Waals surface area contributed by atoms with Crippen molar-refractivity contribution in [2.75, 3.05) is 49.6 Å². The van der Waals surface area contributed by atoms with Crippen molar-refractivity contribution in [2.24, 2.45) is 11.3 Å². The van der Waals surface area contributed by atoms with Crippen LogP contribution in [0.5, 0.6) is 5.75 Å². The fourth-order valence-electron chi connectivity index (χ4n) is 6.22. The Morgan fingerprint density at radius 3 is 2.52 bits per heavy atom. The molecule has 2 saturated heterocycles. The Bertz CT molecular complexity index is 1570. The zero-order valence-corrected chi connectivity index (χ0v) is 28.7. The van der Waals surface area contributed by atoms with Crippen molar-refractivity contribution in [1.82, 2.24) is 19.9 Å². The normalized spacial score (nSPS) is 17.3. The highest BCUT2D eigenvalue weighted by atomic mass is 32.1. The molecule has 10 nitrogen and oxygen atoms in total. The number of halogens is 3. The van der Waals surface area contributed by atoms with Gasteiger partial charge in [0.15, 0.2) is 5.13 Å². The van der Waals surface area contributed by atoms with Crippen LogP contribution < -0.4 is 15.0 Å². The van der Waals surface area contributed by atoms with Crippen LogP contribution in [-0.2, 0) is 22.3 Å². The van der Waals surface area contributed by atoms with Crippen molar-refractivity contribution in [3.63, 3.8) is 0 Å². The van der Waals surface area contributed by atoms with Crippen molar-refractivity contribution < 1.29 is 32.2 Å². The van der Waals surface area contributed by atoms with Gasteiger partial charge in [0.05, 0.1) is 42.8 Å². The smallest absolute Gasteiger partial charge is 0.419 e. The summed E-state index contributed by atoms with van der Waals surface area (Å²) in [6.07, 6.45) is 2.27. The lowest BCUT2D eigenvalue weighted by atomic mass is 9.84. The number of aromatic nitrogens is 3. The van der Waals surface area contributed by atoms with Crippen molar-refractivity contribution in [1.29, 1.82) is 0 Å². The minimum Gasteiger partial charge on any atom is -0.493 e. The lowest BCUT2D eigenvalue weighted by Crippen LogP contribution is -2.39. The van der Waals surface area contributed by atoms with Gasteiger partial charge < -0.3 is 14.4 Å². The number of hydrogen-bond acceptors (Lipinski definition) is 10. The molecule has 2 aromatic heterocycles. The first-order valence-corrected chi connectivity index (χ1v) is 17.3. The van der Waals surface area contributed by atoms with Gasteiger partial charge in [0.25, 0.3) is 5.91 Å². The van der Waals surface area contributed by atoms with Crippen molar-refractivity contribution in [2.45, 2.75) is 72.5 Å². The summed E-state index contributed by atoms with van der Waals surface area (Å²) in [4.78, 5) is 43.8. The lowest BCUT2D eigenvalue weighted by Gasteiger charge is -2.37. The average molecular weight is 689 g/mol. The van der Waals surface area contributed by atoms with Gasteiger partial charge in [-0.2, -0.15) is 13.2 Å². The molecule has 1 aromatic carbocycles. The van der Waals surface area contributed by atoms with Gasteiger partial charge >= 0.3 is 12.1 Å². The van der Waals surface area contributed by atoms with Crippen LogP contribution in [0.2, 0.25) is 0 Å². The van der Waals surface area contributed by atoms with Crippen LogP contribution in [0.25, 0.3) is 11.3 Å². The molecule has 260 valence electrons. The van der Waals surface area contributed by atoms with E-state index < -0.39 is 17.6 Å². The summed E-state index contributed by atoms with van der Waals surface area (Å²) in [5, 5.41) is 3.05. The van der Waals surface area contributed by atoms with Crippen molar-refractivity contribution in [3.05, 3.63) is 46.7 Å². The molecule has 1 N–H and O–H groups in total. The third kappa shape index (κ3) is 8.81. The van der Waals surface area contributed by atoms with E-state index in [0.29, 0.717) is 62.6 Å². The van der Waals surface area contributed by atoms with E-state index in [1.165, 1.54) is 29.8 Å². The number of nitrogens with one attached hydrogen (secondary N) is 1. The number of nitrogens with zero attached hydrogens (tertiary/aromatic N) is 5. The van der Waals surface area contributed by atoms with Crippen LogP contribution in [-0.4, -0.2) is 71.1 Å². The zero-order valence-electron chi connectivity index (χ0n) is 27.9. The summed E-state index contributed by atoms with van der Waals surface area (Å²) < 4.78 is 52.9. The molecule has 14 heteroatoms. The third-order valence-electron chi connectivity index (χ3n) is 8.59. The zero-order chi connectivity index (χ0) is 34.5. The van der Waals surface area contributed by atoms with Gasteiger partial charge in [-0.1, -0.05) is 32.1 Å². The summed E-state index contributed by atoms with van der Waals surface area (Å²) in [5.74, 6) is -0.464. The predicted octanol–water partition coefficient (Wildman–Crippen LogP) is 7.06. The Morgan fingerprint density at radius 2 is 1.88 bits per heavy atom. The molecule has 48 heavy (non-hydrogen) atoms. The van der Waals surface area contributed by atoms with Gasteiger partial charge in [-0.25, -0.2) is 15.0 Å². The number of esters is 1. The Hall–Kier alpha value is -3.78. The van der Waals surface area contributed by atoms with E-state index in [1.807, 2.05) is 11.8 Å². The molecule has 0 radical (unpaired) electrons. The summed E-state index contributed by atoms with van der Waals surface area (Å²) in [5.41, 5.74) is 0.0123. The maximum Gasteiger partial charge on any atom is 0.419 e. The number of amides is 1. The fraction of sp³-hybridized carbons (Fsp3) is 0.559. The standard InChI is InChI=1S/C34H43F3N6O4S/c1-5-16-47-26-9-8-23(17-24(26)34(35,36)37)29-27(20-42-13-7-12-33(3,4)21-42)48-32(40-29)41-30(44)25-18-39-28(19-38-25)43-14-10-22(11-15-43)31(45)46-6-2/h8-9,17-19,22H,5-7,10-16,20-21H2,1-4H3,(H,40,41,44). The maximum atomic E-state index is 14.1. The van der Waals surface area contributed by atoms with Gasteiger partial charge in [-0.05, 0) is 69.2 Å². The third-order valence-corrected chi connectivity index (χ3v) is 9.55. The highest BCUT2D eigenvalue weighted by Gasteiger charge is 2.36. The number of ether oxygens (including phenoxy) is 2. The van der Waals surface area contributed by atoms with Crippen LogP contribution in [0.4, 0.5) is 24.1 Å². The Kier molecular flexibility index (Phi) is 11.2. The first kappa shape index (κ1) is 35.5. The van der Waals surface area contributed by atoms with Gasteiger partial charge in [0.2, 0.25) is 0 Å². The van der Waals surface area contributed by atoms with Gasteiger partial charge in [0, 0.05) is 36.6 Å². The first-order chi connectivity index (χ1) is 22.9. The van der Waals surface area contributed by atoms with Gasteiger partial charge in [0.1, 0.15) is 17.3 Å². The molecule has 0 atom stereocenters. The molecule has 2 fully saturated rings. The number of anilines is 2. The number of rotatable bonds is 11. The molecule has 0 spiro atoms. The predicted molar refractivity (Wildman–Crippen MR) is 178 cm³/mol. The van der Waals surface area contributed by atoms with E-state index in [-0.39, 0.29) is 40.5 Å². The van der Waals surface area contributed by atoms with Gasteiger partial charge in [-0.3, -0.25) is 19.8 Å². The van der Waals surface area contributed by atoms with E-state index in [4.69, 9.17) is 9.47 Å². The van der Waals surface area contributed by atoms with Crippen LogP contribution in [0, 0.1) is 11.3 Å². The number of benzene rings is 1. The molecule has 0 aliphatic carbocycles. The summed E-state index contributed by atoms with van der Waals surface area (Å²) >= 11 is 1.24. The van der Waals surface area contributed by atoms with E-state index in [9.17, 15) is 22.8 Å². The highest BCUT2D eigenvalue weighted by molar-refractivity contribution is 7.16. The molecule has 4 heterocycles. The second-order valence-electron chi connectivity index (χ2n) is 13.1. The number of piperidine rings is 2. The highest BCUT2D eigenvalue weighted by Crippen LogP contribution is 2.41. The van der Waals surface area contributed by atoms with Crippen LogP contribution in [0.3, 0.4) is 0 Å². The number of carbonyl (C=O) groups excluding carboxylic acids is 2. The maximum absolute atomic E-state index is 14.1. The number of alkyl halides is 3. The fourth-order valence-corrected chi connectivity index (χ4v) is 7.25. The number of carbonyl (C=O) groups is 2. The summed E-state index contributed by atoms with van der Waals surface area (Å²) in [6, 6.07) is 4.01. The van der Waals surface area contributed by atoms with E-state index in [1.54, 1.807) is 13.0 Å². The molecule has 0 bridgehead atoms. The molecule has 5 rings (SSSR count). The monoisotopic (exact) mass is 688 g/mol. The van der Waals surface area contributed by atoms with Crippen molar-refractivity contribution >= 4 is 34.2 Å². The quantitative estimate of drug-likeness (QED) is 0.212.